The summed E-state index contributed by atoms with van der Waals surface area (Å²) < 4.78 is 5.14. The first kappa shape index (κ1) is 10.3. The molecule has 0 amide bonds. The number of benzene rings is 1. The van der Waals surface area contributed by atoms with Gasteiger partial charge in [0, 0.05) is 10.6 Å². The van der Waals surface area contributed by atoms with Gasteiger partial charge in [-0.05, 0) is 30.7 Å². The molecule has 0 aliphatic carbocycles. The van der Waals surface area contributed by atoms with Gasteiger partial charge in [0.2, 0.25) is 0 Å². The molecule has 0 saturated carbocycles. The fraction of sp³-hybridized carbons (Fsp3) is 0.167. The smallest absolute Gasteiger partial charge is 0.107 e. The number of furan rings is 1. The van der Waals surface area contributed by atoms with E-state index in [-0.39, 0.29) is 0 Å². The molecule has 1 aromatic heterocycles. The summed E-state index contributed by atoms with van der Waals surface area (Å²) in [5.74, 6) is 0.790. The Bertz CT molecular complexity index is 445. The summed E-state index contributed by atoms with van der Waals surface area (Å²) in [6.07, 6.45) is 0.911. The highest BCUT2D eigenvalue weighted by atomic mass is 35.5. The van der Waals surface area contributed by atoms with Gasteiger partial charge in [0.05, 0.1) is 6.26 Å². The van der Waals surface area contributed by atoms with E-state index in [1.807, 2.05) is 13.0 Å². The van der Waals surface area contributed by atoms with Crippen molar-refractivity contribution in [3.63, 3.8) is 0 Å². The van der Waals surface area contributed by atoms with Crippen LogP contribution in [0, 0.1) is 6.92 Å². The van der Waals surface area contributed by atoms with Gasteiger partial charge in [-0.25, -0.2) is 0 Å². The first-order valence-electron chi connectivity index (χ1n) is 4.65. The van der Waals surface area contributed by atoms with Gasteiger partial charge in [-0.3, -0.25) is 0 Å². The van der Waals surface area contributed by atoms with Crippen LogP contribution in [0.2, 0.25) is 5.02 Å². The largest absolute Gasteiger partial charge is 0.469 e. The molecule has 1 N–H and O–H groups in total. The van der Waals surface area contributed by atoms with Crippen molar-refractivity contribution in [2.24, 2.45) is 0 Å². The van der Waals surface area contributed by atoms with E-state index in [4.69, 9.17) is 16.0 Å². The molecular formula is C12H11ClO2. The Morgan fingerprint density at radius 2 is 1.87 bits per heavy atom. The predicted molar refractivity (Wildman–Crippen MR) is 59.0 cm³/mol. The summed E-state index contributed by atoms with van der Waals surface area (Å²) in [4.78, 5) is 0. The van der Waals surface area contributed by atoms with Gasteiger partial charge in [0.1, 0.15) is 11.9 Å². The fourth-order valence-electron chi connectivity index (χ4n) is 1.44. The van der Waals surface area contributed by atoms with E-state index in [2.05, 4.69) is 0 Å². The van der Waals surface area contributed by atoms with Crippen LogP contribution in [0.3, 0.4) is 0 Å². The molecule has 2 rings (SSSR count). The van der Waals surface area contributed by atoms with Crippen LogP contribution in [0.4, 0.5) is 0 Å². The molecule has 0 spiro atoms. The zero-order valence-corrected chi connectivity index (χ0v) is 9.03. The normalized spacial score (nSPS) is 12.7. The third kappa shape index (κ3) is 2.22. The van der Waals surface area contributed by atoms with E-state index in [1.165, 1.54) is 0 Å². The molecular weight excluding hydrogens is 212 g/mol. The van der Waals surface area contributed by atoms with Crippen LogP contribution < -0.4 is 0 Å². The molecule has 0 aliphatic rings. The lowest BCUT2D eigenvalue weighted by atomic mass is 10.0. The van der Waals surface area contributed by atoms with Crippen molar-refractivity contribution in [2.45, 2.75) is 13.0 Å². The molecule has 0 bridgehead atoms. The van der Waals surface area contributed by atoms with Gasteiger partial charge in [-0.2, -0.15) is 0 Å². The summed E-state index contributed by atoms with van der Waals surface area (Å²) >= 11 is 5.77. The maximum Gasteiger partial charge on any atom is 0.107 e. The minimum atomic E-state index is -0.653. The van der Waals surface area contributed by atoms with Crippen molar-refractivity contribution in [2.75, 3.05) is 0 Å². The van der Waals surface area contributed by atoms with Crippen LogP contribution in [0.25, 0.3) is 0 Å². The second-order valence-electron chi connectivity index (χ2n) is 3.44. The molecule has 0 aliphatic heterocycles. The first-order chi connectivity index (χ1) is 7.16. The van der Waals surface area contributed by atoms with E-state index >= 15 is 0 Å². The molecule has 1 aromatic carbocycles. The summed E-state index contributed by atoms with van der Waals surface area (Å²) in [5, 5.41) is 10.7. The Labute approximate surface area is 93.1 Å². The maximum absolute atomic E-state index is 9.99. The van der Waals surface area contributed by atoms with Gasteiger partial charge in [0.15, 0.2) is 0 Å². The van der Waals surface area contributed by atoms with E-state index in [0.29, 0.717) is 5.02 Å². The van der Waals surface area contributed by atoms with Crippen molar-refractivity contribution in [1.82, 2.24) is 0 Å². The van der Waals surface area contributed by atoms with E-state index < -0.39 is 6.10 Å². The standard InChI is InChI=1S/C12H11ClO2/c1-8-6-10(7-15-8)12(14)9-2-4-11(13)5-3-9/h2-7,12,14H,1H3. The summed E-state index contributed by atoms with van der Waals surface area (Å²) in [5.41, 5.74) is 1.56. The first-order valence-corrected chi connectivity index (χ1v) is 5.03. The molecule has 1 unspecified atom stereocenters. The van der Waals surface area contributed by atoms with Crippen LogP contribution >= 0.6 is 11.6 Å². The second-order valence-corrected chi connectivity index (χ2v) is 3.88. The van der Waals surface area contributed by atoms with Gasteiger partial charge in [-0.1, -0.05) is 23.7 Å². The van der Waals surface area contributed by atoms with Crippen molar-refractivity contribution in [3.05, 3.63) is 58.5 Å². The van der Waals surface area contributed by atoms with E-state index in [0.717, 1.165) is 16.9 Å². The molecule has 2 aromatic rings. The van der Waals surface area contributed by atoms with Crippen LogP contribution in [-0.4, -0.2) is 5.11 Å². The van der Waals surface area contributed by atoms with Crippen LogP contribution in [-0.2, 0) is 0 Å². The molecule has 1 heterocycles. The monoisotopic (exact) mass is 222 g/mol. The van der Waals surface area contributed by atoms with Crippen LogP contribution in [0.1, 0.15) is 23.0 Å². The minimum absolute atomic E-state index is 0.653. The van der Waals surface area contributed by atoms with Crippen molar-refractivity contribution in [3.8, 4) is 0 Å². The highest BCUT2D eigenvalue weighted by molar-refractivity contribution is 6.30. The van der Waals surface area contributed by atoms with Gasteiger partial charge >= 0.3 is 0 Å². The Hall–Kier alpha value is -1.25. The second kappa shape index (κ2) is 4.09. The molecule has 3 heteroatoms. The number of aryl methyl sites for hydroxylation is 1. The van der Waals surface area contributed by atoms with Gasteiger partial charge in [-0.15, -0.1) is 0 Å². The summed E-state index contributed by atoms with van der Waals surface area (Å²) in [6.45, 7) is 1.85. The average molecular weight is 223 g/mol. The number of aliphatic hydroxyl groups is 1. The van der Waals surface area contributed by atoms with Crippen LogP contribution in [0.15, 0.2) is 41.0 Å². The minimum Gasteiger partial charge on any atom is -0.469 e. The molecule has 2 nitrogen and oxygen atoms in total. The lowest BCUT2D eigenvalue weighted by Gasteiger charge is -2.07. The number of hydrogen-bond acceptors (Lipinski definition) is 2. The summed E-state index contributed by atoms with van der Waals surface area (Å²) in [6, 6.07) is 8.93. The fourth-order valence-corrected chi connectivity index (χ4v) is 1.57. The Balaban J connectivity index is 2.28. The van der Waals surface area contributed by atoms with Gasteiger partial charge in [0.25, 0.3) is 0 Å². The molecule has 78 valence electrons. The van der Waals surface area contributed by atoms with Crippen molar-refractivity contribution in [1.29, 1.82) is 0 Å². The molecule has 1 atom stereocenters. The number of aliphatic hydroxyl groups excluding tert-OH is 1. The van der Waals surface area contributed by atoms with E-state index in [9.17, 15) is 5.11 Å². The number of halogens is 1. The Morgan fingerprint density at radius 3 is 2.40 bits per heavy atom. The number of hydrogen-bond donors (Lipinski definition) is 1. The maximum atomic E-state index is 9.99. The Kier molecular flexibility index (Phi) is 2.80. The van der Waals surface area contributed by atoms with E-state index in [1.54, 1.807) is 30.5 Å². The third-order valence-corrected chi connectivity index (χ3v) is 2.50. The zero-order chi connectivity index (χ0) is 10.8. The number of rotatable bonds is 2. The van der Waals surface area contributed by atoms with Crippen LogP contribution in [0.5, 0.6) is 0 Å². The molecule has 0 saturated heterocycles. The quantitative estimate of drug-likeness (QED) is 0.846. The third-order valence-electron chi connectivity index (χ3n) is 2.25. The van der Waals surface area contributed by atoms with Gasteiger partial charge < -0.3 is 9.52 Å². The zero-order valence-electron chi connectivity index (χ0n) is 8.27. The lowest BCUT2D eigenvalue weighted by molar-refractivity contribution is 0.219. The SMILES string of the molecule is Cc1cc(C(O)c2ccc(Cl)cc2)co1. The topological polar surface area (TPSA) is 33.4 Å². The molecule has 0 fully saturated rings. The van der Waals surface area contributed by atoms with Crippen molar-refractivity contribution < 1.29 is 9.52 Å². The highest BCUT2D eigenvalue weighted by Gasteiger charge is 2.12. The average Bonchev–Trinajstić information content (AvgIpc) is 2.65. The van der Waals surface area contributed by atoms with Crippen molar-refractivity contribution >= 4 is 11.6 Å². The highest BCUT2D eigenvalue weighted by Crippen LogP contribution is 2.24. The predicted octanol–water partition coefficient (Wildman–Crippen LogP) is 3.32. The molecule has 15 heavy (non-hydrogen) atoms. The summed E-state index contributed by atoms with van der Waals surface area (Å²) in [7, 11) is 0. The Morgan fingerprint density at radius 1 is 1.20 bits per heavy atom. The molecule has 0 radical (unpaired) electrons. The lowest BCUT2D eigenvalue weighted by Crippen LogP contribution is -1.97.